The predicted octanol–water partition coefficient (Wildman–Crippen LogP) is 5.22. The van der Waals surface area contributed by atoms with Crippen molar-refractivity contribution in [2.45, 2.75) is 84.5 Å². The minimum Gasteiger partial charge on any atom is -0.438 e. The molecule has 1 aromatic rings. The first kappa shape index (κ1) is 26.5. The van der Waals surface area contributed by atoms with Crippen LogP contribution in [0.1, 0.15) is 71.3 Å². The summed E-state index contributed by atoms with van der Waals surface area (Å²) in [5.41, 5.74) is 1.28. The van der Waals surface area contributed by atoms with Gasteiger partial charge in [0, 0.05) is 31.3 Å². The van der Waals surface area contributed by atoms with Crippen molar-refractivity contribution in [2.75, 3.05) is 18.8 Å². The van der Waals surface area contributed by atoms with Crippen LogP contribution < -0.4 is 5.32 Å². The Morgan fingerprint density at radius 2 is 1.94 bits per heavy atom. The van der Waals surface area contributed by atoms with E-state index in [0.29, 0.717) is 17.6 Å². The Bertz CT molecular complexity index is 812. The Morgan fingerprint density at radius 1 is 1.21 bits per heavy atom. The van der Waals surface area contributed by atoms with Gasteiger partial charge in [-0.25, -0.2) is 4.79 Å². The van der Waals surface area contributed by atoms with E-state index < -0.39 is 6.23 Å². The van der Waals surface area contributed by atoms with Crippen LogP contribution in [0.3, 0.4) is 0 Å². The highest BCUT2D eigenvalue weighted by molar-refractivity contribution is 8.13. The number of ketones is 1. The van der Waals surface area contributed by atoms with Crippen LogP contribution in [-0.2, 0) is 16.1 Å². The van der Waals surface area contributed by atoms with E-state index >= 15 is 0 Å². The van der Waals surface area contributed by atoms with E-state index in [9.17, 15) is 9.59 Å². The van der Waals surface area contributed by atoms with Crippen LogP contribution in [-0.4, -0.2) is 58.1 Å². The van der Waals surface area contributed by atoms with Gasteiger partial charge in [0.1, 0.15) is 0 Å². The highest BCUT2D eigenvalue weighted by Crippen LogP contribution is 2.24. The second kappa shape index (κ2) is 13.7. The zero-order chi connectivity index (χ0) is 24.3. The molecule has 34 heavy (non-hydrogen) atoms. The number of nitrogens with one attached hydrogen (secondary N) is 1. The summed E-state index contributed by atoms with van der Waals surface area (Å²) in [6.07, 6.45) is 5.61. The van der Waals surface area contributed by atoms with Crippen molar-refractivity contribution >= 4 is 28.8 Å². The molecule has 0 saturated heterocycles. The molecule has 8 heteroatoms. The molecule has 188 valence electrons. The first-order chi connectivity index (χ1) is 16.5. The highest BCUT2D eigenvalue weighted by atomic mass is 32.2. The molecule has 0 bridgehead atoms. The zero-order valence-corrected chi connectivity index (χ0v) is 21.7. The van der Waals surface area contributed by atoms with Gasteiger partial charge in [0.25, 0.3) is 11.5 Å². The van der Waals surface area contributed by atoms with Crippen LogP contribution in [0.5, 0.6) is 0 Å². The van der Waals surface area contributed by atoms with Gasteiger partial charge >= 0.3 is 6.03 Å². The standard InChI is InChI=1S/C26H40N4O3S/c1-4-29(19-21-11-7-5-8-12-21)17-18-34-26-28-30(24(33-26)23(31)16-15-20(2)3)25(32)27-22-13-9-6-10-14-22/h5,7-8,11-12,20,22,24H,4,6,9-10,13-19H2,1-3H3,(H,27,32). The number of hydrogen-bond acceptors (Lipinski definition) is 6. The molecule has 1 aromatic carbocycles. The van der Waals surface area contributed by atoms with Crippen LogP contribution >= 0.6 is 11.8 Å². The Balaban J connectivity index is 1.57. The van der Waals surface area contributed by atoms with Crippen molar-refractivity contribution in [2.24, 2.45) is 11.0 Å². The molecule has 2 amide bonds. The second-order valence-corrected chi connectivity index (χ2v) is 10.6. The summed E-state index contributed by atoms with van der Waals surface area (Å²) in [6.45, 7) is 9.01. The van der Waals surface area contributed by atoms with Gasteiger partial charge in [-0.05, 0) is 37.3 Å². The van der Waals surface area contributed by atoms with Crippen molar-refractivity contribution in [3.63, 3.8) is 0 Å². The summed E-state index contributed by atoms with van der Waals surface area (Å²) in [7, 11) is 0. The minimum atomic E-state index is -0.962. The fourth-order valence-corrected chi connectivity index (χ4v) is 5.05. The third-order valence-corrected chi connectivity index (χ3v) is 7.15. The van der Waals surface area contributed by atoms with E-state index in [0.717, 1.165) is 57.5 Å². The van der Waals surface area contributed by atoms with Crippen LogP contribution in [0.15, 0.2) is 35.4 Å². The Hall–Kier alpha value is -2.06. The molecule has 1 fully saturated rings. The third kappa shape index (κ3) is 8.31. The van der Waals surface area contributed by atoms with Crippen LogP contribution in [0.25, 0.3) is 0 Å². The SMILES string of the molecule is CCN(CCSC1=NN(C(=O)NC2CCCCC2)C(C(=O)CCC(C)C)O1)Cc1ccccc1. The third-order valence-electron chi connectivity index (χ3n) is 6.34. The lowest BCUT2D eigenvalue weighted by molar-refractivity contribution is -0.131. The molecule has 0 aromatic heterocycles. The van der Waals surface area contributed by atoms with E-state index in [-0.39, 0.29) is 17.9 Å². The van der Waals surface area contributed by atoms with E-state index in [4.69, 9.17) is 4.74 Å². The molecular weight excluding hydrogens is 448 g/mol. The Kier molecular flexibility index (Phi) is 10.7. The molecule has 1 heterocycles. The Morgan fingerprint density at radius 3 is 2.62 bits per heavy atom. The van der Waals surface area contributed by atoms with Gasteiger partial charge in [0.05, 0.1) is 0 Å². The number of thioether (sulfide) groups is 1. The number of carbonyl (C=O) groups is 2. The molecule has 1 atom stereocenters. The van der Waals surface area contributed by atoms with E-state index in [1.54, 1.807) is 0 Å². The molecule has 3 rings (SSSR count). The van der Waals surface area contributed by atoms with Crippen LogP contribution in [0.2, 0.25) is 0 Å². The maximum Gasteiger partial charge on any atom is 0.341 e. The van der Waals surface area contributed by atoms with E-state index in [1.807, 2.05) is 6.07 Å². The van der Waals surface area contributed by atoms with Gasteiger partial charge in [-0.3, -0.25) is 9.69 Å². The monoisotopic (exact) mass is 488 g/mol. The lowest BCUT2D eigenvalue weighted by Gasteiger charge is -2.26. The predicted molar refractivity (Wildman–Crippen MR) is 138 cm³/mol. The lowest BCUT2D eigenvalue weighted by Crippen LogP contribution is -2.48. The number of carbonyl (C=O) groups excluding carboxylic acids is 2. The molecule has 0 spiro atoms. The molecular formula is C26H40N4O3S. The molecule has 1 N–H and O–H groups in total. The second-order valence-electron chi connectivity index (χ2n) is 9.57. The number of ether oxygens (including phenoxy) is 1. The van der Waals surface area contributed by atoms with Crippen LogP contribution in [0, 0.1) is 5.92 Å². The summed E-state index contributed by atoms with van der Waals surface area (Å²) in [4.78, 5) is 28.3. The van der Waals surface area contributed by atoms with Crippen molar-refractivity contribution < 1.29 is 14.3 Å². The number of benzene rings is 1. The first-order valence-electron chi connectivity index (χ1n) is 12.7. The summed E-state index contributed by atoms with van der Waals surface area (Å²) >= 11 is 1.46. The topological polar surface area (TPSA) is 74.2 Å². The average molecular weight is 489 g/mol. The van der Waals surface area contributed by atoms with Gasteiger partial charge in [-0.1, -0.05) is 82.1 Å². The number of amides is 2. The van der Waals surface area contributed by atoms with Gasteiger partial charge < -0.3 is 10.1 Å². The van der Waals surface area contributed by atoms with Crippen molar-refractivity contribution in [3.8, 4) is 0 Å². The maximum atomic E-state index is 13.0. The average Bonchev–Trinajstić information content (AvgIpc) is 3.27. The van der Waals surface area contributed by atoms with Crippen molar-refractivity contribution in [1.29, 1.82) is 0 Å². The van der Waals surface area contributed by atoms with Crippen LogP contribution in [0.4, 0.5) is 4.79 Å². The smallest absolute Gasteiger partial charge is 0.341 e. The number of rotatable bonds is 11. The van der Waals surface area contributed by atoms with Crippen molar-refractivity contribution in [1.82, 2.24) is 15.2 Å². The van der Waals surface area contributed by atoms with E-state index in [2.05, 4.69) is 60.4 Å². The summed E-state index contributed by atoms with van der Waals surface area (Å²) in [5, 5.41) is 9.14. The van der Waals surface area contributed by atoms with Gasteiger partial charge in [0.2, 0.25) is 0 Å². The fraction of sp³-hybridized carbons (Fsp3) is 0.654. The first-order valence-corrected chi connectivity index (χ1v) is 13.7. The number of hydrogen-bond donors (Lipinski definition) is 1. The van der Waals surface area contributed by atoms with E-state index in [1.165, 1.54) is 28.8 Å². The summed E-state index contributed by atoms with van der Waals surface area (Å²) in [5.74, 6) is 1.09. The number of hydrazone groups is 1. The lowest BCUT2D eigenvalue weighted by atomic mass is 9.96. The normalized spacial score (nSPS) is 18.8. The summed E-state index contributed by atoms with van der Waals surface area (Å²) < 4.78 is 5.92. The number of nitrogens with zero attached hydrogens (tertiary/aromatic N) is 3. The quantitative estimate of drug-likeness (QED) is 0.462. The number of Topliss-reactive ketones (excluding diaryl/α,β-unsaturated/α-hetero) is 1. The fourth-order valence-electron chi connectivity index (χ4n) is 4.22. The largest absolute Gasteiger partial charge is 0.438 e. The number of urea groups is 1. The van der Waals surface area contributed by atoms with Gasteiger partial charge in [-0.2, -0.15) is 5.01 Å². The maximum absolute atomic E-state index is 13.0. The molecule has 1 aliphatic carbocycles. The van der Waals surface area contributed by atoms with Gasteiger partial charge in [0.15, 0.2) is 5.78 Å². The molecule has 2 aliphatic rings. The Labute approximate surface area is 208 Å². The minimum absolute atomic E-state index is 0.0916. The molecule has 1 saturated carbocycles. The highest BCUT2D eigenvalue weighted by Gasteiger charge is 2.38. The molecule has 1 aliphatic heterocycles. The van der Waals surface area contributed by atoms with Crippen molar-refractivity contribution in [3.05, 3.63) is 35.9 Å². The summed E-state index contributed by atoms with van der Waals surface area (Å²) in [6, 6.07) is 10.2. The zero-order valence-electron chi connectivity index (χ0n) is 20.9. The van der Waals surface area contributed by atoms with Gasteiger partial charge in [-0.15, -0.1) is 5.10 Å². The molecule has 0 radical (unpaired) electrons. The molecule has 7 nitrogen and oxygen atoms in total. The molecule has 1 unspecified atom stereocenters.